The van der Waals surface area contributed by atoms with Crippen molar-refractivity contribution >= 4 is 38.9 Å². The van der Waals surface area contributed by atoms with E-state index in [1.54, 1.807) is 29.2 Å². The molecule has 2 aromatic carbocycles. The number of nitrogens with one attached hydrogen (secondary N) is 1. The maximum Gasteiger partial charge on any atom is 0.265 e. The van der Waals surface area contributed by atoms with Crippen molar-refractivity contribution in [3.63, 3.8) is 0 Å². The van der Waals surface area contributed by atoms with Gasteiger partial charge in [-0.15, -0.1) is 0 Å². The van der Waals surface area contributed by atoms with Gasteiger partial charge in [-0.2, -0.15) is 0 Å². The van der Waals surface area contributed by atoms with Crippen molar-refractivity contribution in [3.05, 3.63) is 47.0 Å². The van der Waals surface area contributed by atoms with Gasteiger partial charge in [0, 0.05) is 29.4 Å². The fourth-order valence-corrected chi connectivity index (χ4v) is 4.81. The van der Waals surface area contributed by atoms with Gasteiger partial charge in [-0.25, -0.2) is 8.42 Å². The quantitative estimate of drug-likeness (QED) is 0.694. The monoisotopic (exact) mass is 436 g/mol. The number of carbonyl (C=O) groups is 1. The number of amides is 1. The Kier molecular flexibility index (Phi) is 6.39. The molecule has 6 nitrogen and oxygen atoms in total. The molecule has 0 fully saturated rings. The van der Waals surface area contributed by atoms with Gasteiger partial charge in [-0.3, -0.25) is 9.52 Å². The molecule has 156 valence electrons. The number of nitrogens with zero attached hydrogens (tertiary/aromatic N) is 1. The van der Waals surface area contributed by atoms with E-state index in [1.807, 2.05) is 0 Å². The molecule has 1 amide bonds. The first-order valence-electron chi connectivity index (χ1n) is 9.51. The van der Waals surface area contributed by atoms with E-state index in [0.717, 1.165) is 17.7 Å². The molecule has 0 aliphatic carbocycles. The summed E-state index contributed by atoms with van der Waals surface area (Å²) in [5.41, 5.74) is 2.24. The number of aryl methyl sites for hydroxylation is 1. The highest BCUT2D eigenvalue weighted by molar-refractivity contribution is 7.92. The van der Waals surface area contributed by atoms with Crippen LogP contribution < -0.4 is 14.4 Å². The highest BCUT2D eigenvalue weighted by atomic mass is 35.5. The first-order valence-corrected chi connectivity index (χ1v) is 11.4. The van der Waals surface area contributed by atoms with E-state index in [-0.39, 0.29) is 16.6 Å². The molecule has 8 heteroatoms. The SMILES string of the molecule is COc1ccc(Cl)cc1S(=O)(=O)Nc1ccc2c(c1)CCC(=O)N2CCC(C)C. The van der Waals surface area contributed by atoms with Crippen molar-refractivity contribution < 1.29 is 17.9 Å². The van der Waals surface area contributed by atoms with E-state index < -0.39 is 10.0 Å². The normalized spacial score (nSPS) is 14.1. The van der Waals surface area contributed by atoms with Crippen LogP contribution in [0, 0.1) is 5.92 Å². The van der Waals surface area contributed by atoms with Gasteiger partial charge in [0.2, 0.25) is 5.91 Å². The third kappa shape index (κ3) is 4.85. The highest BCUT2D eigenvalue weighted by Gasteiger charge is 2.25. The average molecular weight is 437 g/mol. The minimum Gasteiger partial charge on any atom is -0.495 e. The summed E-state index contributed by atoms with van der Waals surface area (Å²) in [6.45, 7) is 4.91. The molecule has 1 heterocycles. The number of benzene rings is 2. The van der Waals surface area contributed by atoms with Crippen molar-refractivity contribution in [2.24, 2.45) is 5.92 Å². The Labute approximate surface area is 176 Å². The number of rotatable bonds is 7. The summed E-state index contributed by atoms with van der Waals surface area (Å²) in [5.74, 6) is 0.812. The van der Waals surface area contributed by atoms with Crippen molar-refractivity contribution in [1.29, 1.82) is 0 Å². The van der Waals surface area contributed by atoms with Gasteiger partial charge < -0.3 is 9.64 Å². The van der Waals surface area contributed by atoms with Crippen LogP contribution in [-0.2, 0) is 21.2 Å². The van der Waals surface area contributed by atoms with Crippen LogP contribution in [0.15, 0.2) is 41.3 Å². The van der Waals surface area contributed by atoms with Crippen molar-refractivity contribution in [3.8, 4) is 5.75 Å². The van der Waals surface area contributed by atoms with E-state index in [4.69, 9.17) is 16.3 Å². The summed E-state index contributed by atoms with van der Waals surface area (Å²) in [5, 5.41) is 0.302. The Morgan fingerprint density at radius 2 is 1.93 bits per heavy atom. The molecule has 0 aromatic heterocycles. The fourth-order valence-electron chi connectivity index (χ4n) is 3.33. The van der Waals surface area contributed by atoms with Gasteiger partial charge in [-0.1, -0.05) is 25.4 Å². The van der Waals surface area contributed by atoms with Crippen LogP contribution in [-0.4, -0.2) is 28.0 Å². The van der Waals surface area contributed by atoms with Crippen LogP contribution in [0.4, 0.5) is 11.4 Å². The van der Waals surface area contributed by atoms with Gasteiger partial charge in [0.05, 0.1) is 7.11 Å². The van der Waals surface area contributed by atoms with Crippen LogP contribution in [0.5, 0.6) is 5.75 Å². The third-order valence-electron chi connectivity index (χ3n) is 4.88. The molecule has 0 saturated carbocycles. The largest absolute Gasteiger partial charge is 0.495 e. The van der Waals surface area contributed by atoms with Crippen LogP contribution >= 0.6 is 11.6 Å². The molecule has 0 radical (unpaired) electrons. The van der Waals surface area contributed by atoms with Gasteiger partial charge in [0.15, 0.2) is 0 Å². The molecule has 0 unspecified atom stereocenters. The summed E-state index contributed by atoms with van der Waals surface area (Å²) < 4.78 is 33.5. The van der Waals surface area contributed by atoms with Gasteiger partial charge in [-0.05, 0) is 60.7 Å². The van der Waals surface area contributed by atoms with Crippen LogP contribution in [0.3, 0.4) is 0 Å². The molecule has 0 saturated heterocycles. The lowest BCUT2D eigenvalue weighted by Gasteiger charge is -2.30. The zero-order valence-electron chi connectivity index (χ0n) is 16.7. The summed E-state index contributed by atoms with van der Waals surface area (Å²) in [7, 11) is -2.48. The van der Waals surface area contributed by atoms with Gasteiger partial charge in [0.25, 0.3) is 10.0 Å². The maximum absolute atomic E-state index is 12.9. The predicted octanol–water partition coefficient (Wildman–Crippen LogP) is 4.47. The first kappa shape index (κ1) is 21.5. The Morgan fingerprint density at radius 3 is 2.62 bits per heavy atom. The number of carbonyl (C=O) groups excluding carboxylic acids is 1. The van der Waals surface area contributed by atoms with Crippen LogP contribution in [0.2, 0.25) is 5.02 Å². The fraction of sp³-hybridized carbons (Fsp3) is 0.381. The third-order valence-corrected chi connectivity index (χ3v) is 6.51. The van der Waals surface area contributed by atoms with Crippen molar-refractivity contribution in [2.75, 3.05) is 23.3 Å². The summed E-state index contributed by atoms with van der Waals surface area (Å²) >= 11 is 5.97. The second-order valence-corrected chi connectivity index (χ2v) is 9.56. The molecule has 0 spiro atoms. The van der Waals surface area contributed by atoms with Gasteiger partial charge in [0.1, 0.15) is 10.6 Å². The Balaban J connectivity index is 1.88. The average Bonchev–Trinajstić information content (AvgIpc) is 2.66. The predicted molar refractivity (Wildman–Crippen MR) is 115 cm³/mol. The molecule has 3 rings (SSSR count). The lowest BCUT2D eigenvalue weighted by atomic mass is 9.99. The molecule has 1 aliphatic heterocycles. The Hall–Kier alpha value is -2.25. The molecule has 29 heavy (non-hydrogen) atoms. The summed E-state index contributed by atoms with van der Waals surface area (Å²) in [6, 6.07) is 9.71. The van der Waals surface area contributed by atoms with Crippen molar-refractivity contribution in [2.45, 2.75) is 38.0 Å². The first-order chi connectivity index (χ1) is 13.7. The van der Waals surface area contributed by atoms with Crippen LogP contribution in [0.1, 0.15) is 32.3 Å². The molecule has 1 N–H and O–H groups in total. The number of methoxy groups -OCH3 is 1. The minimum absolute atomic E-state index is 0.0287. The van der Waals surface area contributed by atoms with E-state index in [9.17, 15) is 13.2 Å². The number of ether oxygens (including phenoxy) is 1. The van der Waals surface area contributed by atoms with Crippen LogP contribution in [0.25, 0.3) is 0 Å². The second kappa shape index (κ2) is 8.63. The molecular formula is C21H25ClN2O4S. The standard InChI is InChI=1S/C21H25ClN2O4S/c1-14(2)10-11-24-18-7-6-17(12-15(18)4-9-21(24)25)23-29(26,27)20-13-16(22)5-8-19(20)28-3/h5-8,12-14,23H,4,9-11H2,1-3H3. The zero-order chi connectivity index (χ0) is 21.2. The number of sulfonamides is 1. The molecule has 0 bridgehead atoms. The lowest BCUT2D eigenvalue weighted by molar-refractivity contribution is -0.118. The second-order valence-electron chi connectivity index (χ2n) is 7.47. The number of hydrogen-bond acceptors (Lipinski definition) is 4. The van der Waals surface area contributed by atoms with E-state index in [1.165, 1.54) is 19.2 Å². The topological polar surface area (TPSA) is 75.7 Å². The van der Waals surface area contributed by atoms with E-state index in [2.05, 4.69) is 18.6 Å². The number of fused-ring (bicyclic) bond motifs is 1. The Bertz CT molecular complexity index is 1020. The Morgan fingerprint density at radius 1 is 1.17 bits per heavy atom. The number of hydrogen-bond donors (Lipinski definition) is 1. The molecule has 2 aromatic rings. The molecular weight excluding hydrogens is 412 g/mol. The van der Waals surface area contributed by atoms with E-state index >= 15 is 0 Å². The maximum atomic E-state index is 12.9. The molecule has 0 atom stereocenters. The highest BCUT2D eigenvalue weighted by Crippen LogP contribution is 2.33. The number of anilines is 2. The van der Waals surface area contributed by atoms with E-state index in [0.29, 0.717) is 36.0 Å². The lowest BCUT2D eigenvalue weighted by Crippen LogP contribution is -2.36. The minimum atomic E-state index is -3.89. The van der Waals surface area contributed by atoms with Gasteiger partial charge >= 0.3 is 0 Å². The molecule has 1 aliphatic rings. The number of halogens is 1. The zero-order valence-corrected chi connectivity index (χ0v) is 18.3. The smallest absolute Gasteiger partial charge is 0.265 e. The summed E-state index contributed by atoms with van der Waals surface area (Å²) in [4.78, 5) is 14.1. The van der Waals surface area contributed by atoms with Crippen molar-refractivity contribution in [1.82, 2.24) is 0 Å². The summed E-state index contributed by atoms with van der Waals surface area (Å²) in [6.07, 6.45) is 1.92.